The molecule has 60 heavy (non-hydrogen) atoms. The Kier molecular flexibility index (Phi) is 15.2. The summed E-state index contributed by atoms with van der Waals surface area (Å²) in [6.07, 6.45) is 27.3. The zero-order valence-corrected chi connectivity index (χ0v) is 35.3. The molecule has 2 aromatic heterocycles. The number of hydrogen-bond donors (Lipinski definition) is 1. The summed E-state index contributed by atoms with van der Waals surface area (Å²) in [4.78, 5) is 29.3. The molecule has 0 aliphatic carbocycles. The number of hydrazine groups is 1. The van der Waals surface area contributed by atoms with E-state index in [0.717, 1.165) is 57.9 Å². The lowest BCUT2D eigenvalue weighted by Gasteiger charge is -2.31. The normalized spacial score (nSPS) is 19.4. The minimum Gasteiger partial charge on any atom is -0.461 e. The molecule has 0 unspecified atom stereocenters. The van der Waals surface area contributed by atoms with E-state index in [-0.39, 0.29) is 52.5 Å². The number of carbonyl (C=O) groups is 1. The number of halogens is 3. The number of aromatic nitrogens is 3. The second kappa shape index (κ2) is 20.9. The minimum atomic E-state index is -0.934. The van der Waals surface area contributed by atoms with Gasteiger partial charge in [-0.3, -0.25) is 19.7 Å². The van der Waals surface area contributed by atoms with Crippen LogP contribution in [-0.4, -0.2) is 70.3 Å². The van der Waals surface area contributed by atoms with Gasteiger partial charge in [-0.2, -0.15) is 9.97 Å². The highest BCUT2D eigenvalue weighted by Crippen LogP contribution is 2.42. The van der Waals surface area contributed by atoms with Gasteiger partial charge in [-0.05, 0) is 62.2 Å². The number of rotatable bonds is 20. The molecule has 12 heteroatoms. The predicted molar refractivity (Wildman–Crippen MR) is 232 cm³/mol. The van der Waals surface area contributed by atoms with Gasteiger partial charge in [-0.15, -0.1) is 6.42 Å². The Morgan fingerprint density at radius 1 is 0.950 bits per heavy atom. The number of carbonyl (C=O) groups excluding carboxylic acids is 1. The summed E-state index contributed by atoms with van der Waals surface area (Å²) in [7, 11) is 0. The molecule has 0 spiro atoms. The molecule has 4 aromatic rings. The molecule has 2 aromatic carbocycles. The summed E-state index contributed by atoms with van der Waals surface area (Å²) in [6.45, 7) is 4.93. The van der Waals surface area contributed by atoms with Crippen molar-refractivity contribution in [2.75, 3.05) is 37.8 Å². The molecule has 3 saturated heterocycles. The second-order valence-electron chi connectivity index (χ2n) is 17.1. The molecule has 3 aliphatic heterocycles. The van der Waals surface area contributed by atoms with Crippen LogP contribution in [0.1, 0.15) is 141 Å². The molecule has 7 rings (SSSR count). The van der Waals surface area contributed by atoms with E-state index < -0.39 is 29.3 Å². The van der Waals surface area contributed by atoms with E-state index >= 15 is 8.78 Å². The first kappa shape index (κ1) is 43.6. The first-order valence-electron chi connectivity index (χ1n) is 22.6. The number of pyridine rings is 1. The number of ether oxygens (including phenoxy) is 2. The predicted octanol–water partition coefficient (Wildman–Crippen LogP) is 10.9. The van der Waals surface area contributed by atoms with E-state index in [9.17, 15) is 9.18 Å². The van der Waals surface area contributed by atoms with Crippen LogP contribution < -0.4 is 19.9 Å². The highest BCUT2D eigenvalue weighted by Gasteiger charge is 2.49. The maximum absolute atomic E-state index is 17.3. The molecule has 1 N–H and O–H groups in total. The standard InChI is InChI=1S/C48H61F3N6O3/c1-3-5-6-7-8-9-10-11-12-13-14-15-17-21-41(58)60-36-28-34-22-23-40(50)37(4-2)42(34)38(29-36)44-43(51)45-39(31-52-44)46(57-27-19-16-18-25-53-57)55-47(54-45)59-33-48-24-20-26-56(48)32-35(49)30-48/h2,22-23,28-29,31,35,53H,3,5-21,24-27,30,32-33H2,1H3/t35-,48+/m1/s1. The number of nitrogens with zero attached hydrogens (tertiary/aromatic N) is 5. The van der Waals surface area contributed by atoms with Gasteiger partial charge in [0.15, 0.2) is 11.6 Å². The molecule has 0 bridgehead atoms. The molecule has 5 heterocycles. The van der Waals surface area contributed by atoms with Gasteiger partial charge in [-0.1, -0.05) is 102 Å². The third-order valence-corrected chi connectivity index (χ3v) is 12.6. The van der Waals surface area contributed by atoms with E-state index in [1.165, 1.54) is 82.2 Å². The van der Waals surface area contributed by atoms with Crippen molar-refractivity contribution >= 4 is 33.5 Å². The van der Waals surface area contributed by atoms with Crippen LogP contribution in [0.3, 0.4) is 0 Å². The summed E-state index contributed by atoms with van der Waals surface area (Å²) >= 11 is 0. The van der Waals surface area contributed by atoms with Crippen molar-refractivity contribution < 1.29 is 27.4 Å². The summed E-state index contributed by atoms with van der Waals surface area (Å²) in [5.74, 6) is 1.20. The molecular formula is C48H61F3N6O3. The zero-order chi connectivity index (χ0) is 41.9. The molecule has 322 valence electrons. The Labute approximate surface area is 353 Å². The molecule has 0 radical (unpaired) electrons. The van der Waals surface area contributed by atoms with Crippen molar-refractivity contribution in [3.63, 3.8) is 0 Å². The Bertz CT molecular complexity index is 2140. The highest BCUT2D eigenvalue weighted by molar-refractivity contribution is 6.03. The summed E-state index contributed by atoms with van der Waals surface area (Å²) in [6, 6.07) is 5.87. The van der Waals surface area contributed by atoms with Gasteiger partial charge in [0.25, 0.3) is 0 Å². The quantitative estimate of drug-likeness (QED) is 0.0405. The average molecular weight is 827 g/mol. The van der Waals surface area contributed by atoms with Crippen molar-refractivity contribution in [1.29, 1.82) is 0 Å². The molecule has 3 fully saturated rings. The van der Waals surface area contributed by atoms with E-state index in [2.05, 4.69) is 33.1 Å². The van der Waals surface area contributed by atoms with Crippen LogP contribution in [0.4, 0.5) is 19.0 Å². The lowest BCUT2D eigenvalue weighted by atomic mass is 9.95. The lowest BCUT2D eigenvalue weighted by molar-refractivity contribution is -0.134. The van der Waals surface area contributed by atoms with Gasteiger partial charge in [0.05, 0.1) is 16.5 Å². The highest BCUT2D eigenvalue weighted by atomic mass is 19.1. The van der Waals surface area contributed by atoms with Gasteiger partial charge in [0.1, 0.15) is 35.6 Å². The van der Waals surface area contributed by atoms with Crippen LogP contribution in [0.25, 0.3) is 32.9 Å². The summed E-state index contributed by atoms with van der Waals surface area (Å²) < 4.78 is 59.3. The van der Waals surface area contributed by atoms with Gasteiger partial charge >= 0.3 is 12.0 Å². The third-order valence-electron chi connectivity index (χ3n) is 12.6. The van der Waals surface area contributed by atoms with Crippen LogP contribution in [0.2, 0.25) is 0 Å². The van der Waals surface area contributed by atoms with E-state index in [4.69, 9.17) is 20.9 Å². The monoisotopic (exact) mass is 826 g/mol. The lowest BCUT2D eigenvalue weighted by Crippen LogP contribution is -2.43. The number of hydrogen-bond acceptors (Lipinski definition) is 9. The van der Waals surface area contributed by atoms with Crippen molar-refractivity contribution in [1.82, 2.24) is 25.3 Å². The minimum absolute atomic E-state index is 0.0285. The van der Waals surface area contributed by atoms with Gasteiger partial charge < -0.3 is 9.47 Å². The van der Waals surface area contributed by atoms with Crippen LogP contribution in [0, 0.1) is 24.0 Å². The number of nitrogens with one attached hydrogen (secondary N) is 1. The number of anilines is 1. The van der Waals surface area contributed by atoms with Crippen LogP contribution >= 0.6 is 0 Å². The van der Waals surface area contributed by atoms with E-state index in [1.54, 1.807) is 6.07 Å². The molecule has 2 atom stereocenters. The molecule has 9 nitrogen and oxygen atoms in total. The van der Waals surface area contributed by atoms with Gasteiger partial charge in [0.2, 0.25) is 0 Å². The SMILES string of the molecule is C#Cc1c(F)ccc2cc(OC(=O)CCCCCCCCCCCCCCC)cc(-c3ncc4c(N5CCCCCN5)nc(OC[C@@]56CCCN5C[C@H](F)C6)nc4c3F)c12. The molecule has 3 aliphatic rings. The summed E-state index contributed by atoms with van der Waals surface area (Å²) in [5, 5.41) is 2.98. The number of terminal acetylenes is 1. The molecule has 0 saturated carbocycles. The van der Waals surface area contributed by atoms with Crippen LogP contribution in [0.5, 0.6) is 11.8 Å². The first-order chi connectivity index (χ1) is 29.3. The number of unbranched alkanes of at least 4 members (excludes halogenated alkanes) is 12. The van der Waals surface area contributed by atoms with Crippen LogP contribution in [0.15, 0.2) is 30.5 Å². The summed E-state index contributed by atoms with van der Waals surface area (Å²) in [5.41, 5.74) is 2.87. The number of fused-ring (bicyclic) bond motifs is 3. The molecular weight excluding hydrogens is 766 g/mol. The van der Waals surface area contributed by atoms with Crippen molar-refractivity contribution in [2.45, 2.75) is 147 Å². The van der Waals surface area contributed by atoms with Gasteiger partial charge in [-0.25, -0.2) is 18.6 Å². The second-order valence-corrected chi connectivity index (χ2v) is 17.1. The fourth-order valence-electron chi connectivity index (χ4n) is 9.44. The smallest absolute Gasteiger partial charge is 0.319 e. The number of esters is 1. The maximum atomic E-state index is 17.3. The van der Waals surface area contributed by atoms with Gasteiger partial charge in [0, 0.05) is 49.6 Å². The average Bonchev–Trinajstić information content (AvgIpc) is 3.63. The zero-order valence-electron chi connectivity index (χ0n) is 35.3. The largest absolute Gasteiger partial charge is 0.461 e. The van der Waals surface area contributed by atoms with Crippen molar-refractivity contribution in [3.8, 4) is 35.4 Å². The van der Waals surface area contributed by atoms with Crippen molar-refractivity contribution in [2.24, 2.45) is 0 Å². The Morgan fingerprint density at radius 3 is 2.45 bits per heavy atom. The Hall–Kier alpha value is -4.47. The first-order valence-corrected chi connectivity index (χ1v) is 22.6. The fraction of sp³-hybridized carbons (Fsp3) is 0.583. The van der Waals surface area contributed by atoms with E-state index in [1.807, 2.05) is 5.01 Å². The Morgan fingerprint density at radius 2 is 1.70 bits per heavy atom. The number of alkyl halides is 1. The number of benzene rings is 2. The molecule has 0 amide bonds. The van der Waals surface area contributed by atoms with Crippen molar-refractivity contribution in [3.05, 3.63) is 47.7 Å². The van der Waals surface area contributed by atoms with E-state index in [0.29, 0.717) is 49.1 Å². The third kappa shape index (κ3) is 10.3. The Balaban J connectivity index is 1.11. The fourth-order valence-corrected chi connectivity index (χ4v) is 9.44. The maximum Gasteiger partial charge on any atom is 0.319 e. The topological polar surface area (TPSA) is 92.7 Å². The van der Waals surface area contributed by atoms with Crippen LogP contribution in [-0.2, 0) is 4.79 Å².